The zero-order chi connectivity index (χ0) is 12.9. The minimum Gasteiger partial charge on any atom is -0.354 e. The van der Waals surface area contributed by atoms with Crippen molar-refractivity contribution in [1.29, 1.82) is 0 Å². The summed E-state index contributed by atoms with van der Waals surface area (Å²) in [5, 5.41) is 2.77. The van der Waals surface area contributed by atoms with Gasteiger partial charge in [0.2, 0.25) is 15.9 Å². The summed E-state index contributed by atoms with van der Waals surface area (Å²) in [4.78, 5) is 11.8. The molecule has 5 nitrogen and oxygen atoms in total. The molecule has 0 aromatic carbocycles. The van der Waals surface area contributed by atoms with Crippen molar-refractivity contribution in [1.82, 2.24) is 9.62 Å². The second-order valence-corrected chi connectivity index (χ2v) is 6.12. The highest BCUT2D eigenvalue weighted by Crippen LogP contribution is 2.20. The van der Waals surface area contributed by atoms with Crippen molar-refractivity contribution in [2.45, 2.75) is 32.2 Å². The minimum atomic E-state index is -3.27. The lowest BCUT2D eigenvalue weighted by molar-refractivity contribution is -0.124. The van der Waals surface area contributed by atoms with E-state index in [1.165, 1.54) is 4.31 Å². The number of nitrogens with zero attached hydrogens (tertiary/aromatic N) is 1. The maximum Gasteiger partial charge on any atom is 0.238 e. The van der Waals surface area contributed by atoms with Crippen LogP contribution in [0.25, 0.3) is 0 Å². The first-order chi connectivity index (χ1) is 7.96. The SMILES string of the molecule is C/C=C/CCNC(=O)C1CCCN1S(C)(=O)=O. The van der Waals surface area contributed by atoms with Gasteiger partial charge in [-0.2, -0.15) is 4.31 Å². The van der Waals surface area contributed by atoms with Crippen LogP contribution in [0.3, 0.4) is 0 Å². The predicted octanol–water partition coefficient (Wildman–Crippen LogP) is 0.493. The van der Waals surface area contributed by atoms with Crippen LogP contribution < -0.4 is 5.32 Å². The average molecular weight is 260 g/mol. The Labute approximate surface area is 103 Å². The molecule has 1 atom stereocenters. The maximum absolute atomic E-state index is 11.8. The van der Waals surface area contributed by atoms with Gasteiger partial charge in [-0.1, -0.05) is 12.2 Å². The Hall–Kier alpha value is -0.880. The van der Waals surface area contributed by atoms with Crippen LogP contribution in [0.2, 0.25) is 0 Å². The zero-order valence-corrected chi connectivity index (χ0v) is 11.2. The number of allylic oxidation sites excluding steroid dienone is 1. The van der Waals surface area contributed by atoms with Crippen LogP contribution in [-0.2, 0) is 14.8 Å². The molecule has 1 saturated heterocycles. The van der Waals surface area contributed by atoms with Gasteiger partial charge in [-0.25, -0.2) is 8.42 Å². The van der Waals surface area contributed by atoms with Crippen LogP contribution in [0, 0.1) is 0 Å². The van der Waals surface area contributed by atoms with E-state index in [1.54, 1.807) is 0 Å². The number of hydrogen-bond acceptors (Lipinski definition) is 3. The Kier molecular flexibility index (Phi) is 5.14. The van der Waals surface area contributed by atoms with E-state index < -0.39 is 16.1 Å². The van der Waals surface area contributed by atoms with Crippen molar-refractivity contribution in [2.75, 3.05) is 19.3 Å². The number of hydrogen-bond donors (Lipinski definition) is 1. The number of carbonyl (C=O) groups is 1. The third-order valence-electron chi connectivity index (χ3n) is 2.78. The highest BCUT2D eigenvalue weighted by molar-refractivity contribution is 7.88. The second-order valence-electron chi connectivity index (χ2n) is 4.18. The van der Waals surface area contributed by atoms with Crippen molar-refractivity contribution in [3.05, 3.63) is 12.2 Å². The van der Waals surface area contributed by atoms with Gasteiger partial charge in [0.05, 0.1) is 6.26 Å². The van der Waals surface area contributed by atoms with Gasteiger partial charge in [-0.15, -0.1) is 0 Å². The molecule has 0 radical (unpaired) electrons. The fourth-order valence-electron chi connectivity index (χ4n) is 1.96. The fourth-order valence-corrected chi connectivity index (χ4v) is 3.09. The molecule has 0 aromatic heterocycles. The van der Waals surface area contributed by atoms with Gasteiger partial charge in [0.1, 0.15) is 6.04 Å². The number of carbonyl (C=O) groups excluding carboxylic acids is 1. The van der Waals surface area contributed by atoms with E-state index in [0.717, 1.165) is 19.1 Å². The molecule has 0 bridgehead atoms. The summed E-state index contributed by atoms with van der Waals surface area (Å²) in [6, 6.07) is -0.518. The zero-order valence-electron chi connectivity index (χ0n) is 10.3. The minimum absolute atomic E-state index is 0.183. The molecule has 1 heterocycles. The third-order valence-corrected chi connectivity index (χ3v) is 4.07. The molecule has 1 unspecified atom stereocenters. The van der Waals surface area contributed by atoms with E-state index in [-0.39, 0.29) is 5.91 Å². The number of rotatable bonds is 5. The lowest BCUT2D eigenvalue weighted by Crippen LogP contribution is -2.45. The first kappa shape index (κ1) is 14.2. The normalized spacial score (nSPS) is 22.1. The molecule has 1 N–H and O–H groups in total. The van der Waals surface area contributed by atoms with Gasteiger partial charge in [0, 0.05) is 13.1 Å². The average Bonchev–Trinajstić information content (AvgIpc) is 2.72. The van der Waals surface area contributed by atoms with E-state index in [2.05, 4.69) is 5.32 Å². The summed E-state index contributed by atoms with van der Waals surface area (Å²) in [6.07, 6.45) is 7.17. The Morgan fingerprint density at radius 1 is 1.53 bits per heavy atom. The van der Waals surface area contributed by atoms with Gasteiger partial charge in [0.15, 0.2) is 0 Å². The summed E-state index contributed by atoms with van der Waals surface area (Å²) in [6.45, 7) is 2.92. The van der Waals surface area contributed by atoms with Crippen LogP contribution in [0.5, 0.6) is 0 Å². The molecule has 98 valence electrons. The molecule has 1 amide bonds. The van der Waals surface area contributed by atoms with Gasteiger partial charge in [0.25, 0.3) is 0 Å². The van der Waals surface area contributed by atoms with E-state index >= 15 is 0 Å². The molecule has 17 heavy (non-hydrogen) atoms. The summed E-state index contributed by atoms with van der Waals surface area (Å²) in [5.41, 5.74) is 0. The smallest absolute Gasteiger partial charge is 0.238 e. The maximum atomic E-state index is 11.8. The van der Waals surface area contributed by atoms with Crippen LogP contribution in [-0.4, -0.2) is 44.0 Å². The Bertz CT molecular complexity index is 390. The molecule has 0 saturated carbocycles. The summed E-state index contributed by atoms with van der Waals surface area (Å²) in [7, 11) is -3.27. The topological polar surface area (TPSA) is 66.5 Å². The molecule has 1 aliphatic heterocycles. The van der Waals surface area contributed by atoms with Crippen LogP contribution >= 0.6 is 0 Å². The van der Waals surface area contributed by atoms with Crippen molar-refractivity contribution < 1.29 is 13.2 Å². The number of amides is 1. The molecule has 1 aliphatic rings. The van der Waals surface area contributed by atoms with E-state index in [0.29, 0.717) is 19.5 Å². The van der Waals surface area contributed by atoms with Gasteiger partial charge < -0.3 is 5.32 Å². The number of nitrogens with one attached hydrogen (secondary N) is 1. The summed E-state index contributed by atoms with van der Waals surface area (Å²) < 4.78 is 24.2. The van der Waals surface area contributed by atoms with Crippen LogP contribution in [0.15, 0.2) is 12.2 Å². The van der Waals surface area contributed by atoms with E-state index in [4.69, 9.17) is 0 Å². The van der Waals surface area contributed by atoms with Crippen molar-refractivity contribution in [3.63, 3.8) is 0 Å². The van der Waals surface area contributed by atoms with Crippen molar-refractivity contribution >= 4 is 15.9 Å². The molecular formula is C11H20N2O3S. The van der Waals surface area contributed by atoms with E-state index in [1.807, 2.05) is 19.1 Å². The number of sulfonamides is 1. The molecule has 0 aliphatic carbocycles. The van der Waals surface area contributed by atoms with Crippen molar-refractivity contribution in [3.8, 4) is 0 Å². The largest absolute Gasteiger partial charge is 0.354 e. The van der Waals surface area contributed by atoms with Crippen LogP contribution in [0.4, 0.5) is 0 Å². The molecule has 0 spiro atoms. The lowest BCUT2D eigenvalue weighted by atomic mass is 10.2. The van der Waals surface area contributed by atoms with Gasteiger partial charge in [-0.3, -0.25) is 4.79 Å². The second kappa shape index (κ2) is 6.16. The molecular weight excluding hydrogens is 240 g/mol. The standard InChI is InChI=1S/C11H20N2O3S/c1-3-4-5-8-12-11(14)10-7-6-9-13(10)17(2,15)16/h3-4,10H,5-9H2,1-2H3,(H,12,14)/b4-3+. The molecule has 1 fully saturated rings. The summed E-state index contributed by atoms with van der Waals surface area (Å²) >= 11 is 0. The van der Waals surface area contributed by atoms with E-state index in [9.17, 15) is 13.2 Å². The lowest BCUT2D eigenvalue weighted by Gasteiger charge is -2.21. The Morgan fingerprint density at radius 2 is 2.24 bits per heavy atom. The van der Waals surface area contributed by atoms with Crippen molar-refractivity contribution in [2.24, 2.45) is 0 Å². The Balaban J connectivity index is 2.51. The molecule has 0 aromatic rings. The highest BCUT2D eigenvalue weighted by atomic mass is 32.2. The monoisotopic (exact) mass is 260 g/mol. The van der Waals surface area contributed by atoms with Gasteiger partial charge in [-0.05, 0) is 26.2 Å². The first-order valence-corrected chi connectivity index (χ1v) is 7.67. The van der Waals surface area contributed by atoms with Gasteiger partial charge >= 0.3 is 0 Å². The quantitative estimate of drug-likeness (QED) is 0.578. The first-order valence-electron chi connectivity index (χ1n) is 5.82. The Morgan fingerprint density at radius 3 is 2.82 bits per heavy atom. The fraction of sp³-hybridized carbons (Fsp3) is 0.727. The van der Waals surface area contributed by atoms with Crippen LogP contribution in [0.1, 0.15) is 26.2 Å². The molecule has 6 heteroatoms. The third kappa shape index (κ3) is 4.12. The summed E-state index contributed by atoms with van der Waals surface area (Å²) in [5.74, 6) is -0.183. The highest BCUT2D eigenvalue weighted by Gasteiger charge is 2.35. The predicted molar refractivity (Wildman–Crippen MR) is 67.0 cm³/mol. The molecule has 1 rings (SSSR count).